The average Bonchev–Trinajstić information content (AvgIpc) is 3.61. The van der Waals surface area contributed by atoms with Crippen molar-refractivity contribution in [3.05, 3.63) is 53.5 Å². The second kappa shape index (κ2) is 9.06. The van der Waals surface area contributed by atoms with E-state index in [0.717, 1.165) is 4.90 Å². The number of aliphatic hydroxyl groups is 1. The van der Waals surface area contributed by atoms with Crippen LogP contribution in [0.1, 0.15) is 43.4 Å². The van der Waals surface area contributed by atoms with E-state index in [2.05, 4.69) is 9.71 Å². The van der Waals surface area contributed by atoms with Crippen LogP contribution in [-0.2, 0) is 22.6 Å². The minimum absolute atomic E-state index is 0.149. The van der Waals surface area contributed by atoms with Crippen molar-refractivity contribution in [2.24, 2.45) is 0 Å². The summed E-state index contributed by atoms with van der Waals surface area (Å²) < 4.78 is 61.2. The lowest BCUT2D eigenvalue weighted by molar-refractivity contribution is -0.162. The molecular weight excluding hydrogens is 479 g/mol. The molecule has 0 radical (unpaired) electrons. The second-order valence-corrected chi connectivity index (χ2v) is 11.4. The minimum Gasteiger partial charge on any atom is -0.598 e. The first-order chi connectivity index (χ1) is 16.6. The molecule has 3 aliphatic rings. The molecule has 2 aliphatic carbocycles. The third-order valence-electron chi connectivity index (χ3n) is 7.20. The number of carbonyl (C=O) groups excluding carboxylic acids is 1. The van der Waals surface area contributed by atoms with Gasteiger partial charge in [0.15, 0.2) is 0 Å². The quantitative estimate of drug-likeness (QED) is 0.562. The van der Waals surface area contributed by atoms with Gasteiger partial charge in [-0.05, 0) is 56.4 Å². The van der Waals surface area contributed by atoms with Crippen LogP contribution in [0.25, 0.3) is 11.3 Å². The van der Waals surface area contributed by atoms with Gasteiger partial charge in [-0.15, -0.1) is 4.72 Å². The fourth-order valence-corrected chi connectivity index (χ4v) is 6.21. The van der Waals surface area contributed by atoms with Crippen LogP contribution in [0.2, 0.25) is 0 Å². The molecule has 2 aromatic rings. The summed E-state index contributed by atoms with van der Waals surface area (Å²) in [5.41, 5.74) is -0.166. The first kappa shape index (κ1) is 24.5. The smallest absolute Gasteiger partial charge is 0.286 e. The van der Waals surface area contributed by atoms with Gasteiger partial charge in [0.05, 0.1) is 18.3 Å². The Hall–Kier alpha value is -2.14. The van der Waals surface area contributed by atoms with Gasteiger partial charge in [-0.25, -0.2) is 13.2 Å². The summed E-state index contributed by atoms with van der Waals surface area (Å²) in [5.74, 6) is -4.76. The van der Waals surface area contributed by atoms with Crippen LogP contribution in [0, 0.1) is 12.7 Å². The summed E-state index contributed by atoms with van der Waals surface area (Å²) >= 11 is -1.69. The number of rotatable bonds is 7. The van der Waals surface area contributed by atoms with Gasteiger partial charge in [-0.1, -0.05) is 18.2 Å². The fourth-order valence-electron chi connectivity index (χ4n) is 4.87. The molecule has 35 heavy (non-hydrogen) atoms. The Morgan fingerprint density at radius 2 is 1.97 bits per heavy atom. The van der Waals surface area contributed by atoms with Crippen molar-refractivity contribution in [2.75, 3.05) is 6.54 Å². The van der Waals surface area contributed by atoms with Gasteiger partial charge in [-0.2, -0.15) is 0 Å². The molecule has 2 saturated carbocycles. The first-order valence-electron chi connectivity index (χ1n) is 11.9. The van der Waals surface area contributed by atoms with E-state index in [9.17, 15) is 14.5 Å². The van der Waals surface area contributed by atoms with E-state index in [4.69, 9.17) is 0 Å². The molecule has 0 spiro atoms. The van der Waals surface area contributed by atoms with Crippen LogP contribution in [-0.4, -0.2) is 60.9 Å². The number of likely N-dealkylation sites (tertiary alicyclic amines) is 1. The number of alkyl halides is 2. The maximum absolute atomic E-state index is 15.6. The Morgan fingerprint density at radius 3 is 2.60 bits per heavy atom. The Bertz CT molecular complexity index is 1130. The molecule has 1 unspecified atom stereocenters. The SMILES string of the molecule is Cc1cccc(-c2cccc(C[C@H]3[C@@H](N[S+]([O-])C4CC4)C(F)(F)CN3C(=O)C3(O)CCC3)c2F)n1. The Kier molecular flexibility index (Phi) is 6.36. The maximum Gasteiger partial charge on any atom is 0.286 e. The summed E-state index contributed by atoms with van der Waals surface area (Å²) in [6, 6.07) is 7.11. The monoisotopic (exact) mass is 507 g/mol. The largest absolute Gasteiger partial charge is 0.598 e. The summed E-state index contributed by atoms with van der Waals surface area (Å²) in [6.45, 7) is 0.871. The molecule has 1 aromatic carbocycles. The van der Waals surface area contributed by atoms with Gasteiger partial charge in [0.1, 0.15) is 22.7 Å². The van der Waals surface area contributed by atoms with Crippen molar-refractivity contribution < 1.29 is 27.6 Å². The number of pyridine rings is 1. The zero-order chi connectivity index (χ0) is 25.0. The summed E-state index contributed by atoms with van der Waals surface area (Å²) in [5, 5.41) is 10.4. The molecule has 5 rings (SSSR count). The highest BCUT2D eigenvalue weighted by molar-refractivity contribution is 7.90. The van der Waals surface area contributed by atoms with Gasteiger partial charge in [0, 0.05) is 35.5 Å². The van der Waals surface area contributed by atoms with E-state index in [1.165, 1.54) is 6.07 Å². The number of halogens is 3. The number of hydrogen-bond acceptors (Lipinski definition) is 5. The molecule has 2 heterocycles. The van der Waals surface area contributed by atoms with Crippen molar-refractivity contribution in [3.63, 3.8) is 0 Å². The Morgan fingerprint density at radius 1 is 1.26 bits per heavy atom. The van der Waals surface area contributed by atoms with E-state index >= 15 is 13.2 Å². The van der Waals surface area contributed by atoms with E-state index in [-0.39, 0.29) is 35.6 Å². The molecule has 2 N–H and O–H groups in total. The van der Waals surface area contributed by atoms with E-state index < -0.39 is 53.2 Å². The van der Waals surface area contributed by atoms with Gasteiger partial charge in [-0.3, -0.25) is 9.78 Å². The third kappa shape index (κ3) is 4.69. The molecule has 3 atom stereocenters. The fraction of sp³-hybridized carbons (Fsp3) is 0.520. The highest BCUT2D eigenvalue weighted by Gasteiger charge is 2.61. The zero-order valence-corrected chi connectivity index (χ0v) is 20.2. The predicted molar refractivity (Wildman–Crippen MR) is 125 cm³/mol. The Balaban J connectivity index is 1.49. The number of aromatic nitrogens is 1. The predicted octanol–water partition coefficient (Wildman–Crippen LogP) is 3.28. The number of amides is 1. The molecule has 10 heteroatoms. The number of nitrogens with one attached hydrogen (secondary N) is 1. The molecule has 1 aliphatic heterocycles. The lowest BCUT2D eigenvalue weighted by Gasteiger charge is -2.40. The minimum atomic E-state index is -3.39. The van der Waals surface area contributed by atoms with Crippen molar-refractivity contribution in [2.45, 2.75) is 74.3 Å². The summed E-state index contributed by atoms with van der Waals surface area (Å²) in [6.07, 6.45) is 2.19. The number of benzene rings is 1. The Labute approximate surface area is 205 Å². The third-order valence-corrected chi connectivity index (χ3v) is 8.77. The first-order valence-corrected chi connectivity index (χ1v) is 13.1. The lowest BCUT2D eigenvalue weighted by Crippen LogP contribution is -2.57. The van der Waals surface area contributed by atoms with Crippen LogP contribution in [0.5, 0.6) is 0 Å². The number of hydrogen-bond donors (Lipinski definition) is 2. The van der Waals surface area contributed by atoms with Crippen LogP contribution in [0.15, 0.2) is 36.4 Å². The number of nitrogens with zero attached hydrogens (tertiary/aromatic N) is 2. The van der Waals surface area contributed by atoms with E-state index in [1.807, 2.05) is 0 Å². The van der Waals surface area contributed by atoms with Crippen LogP contribution >= 0.6 is 0 Å². The molecule has 188 valence electrons. The van der Waals surface area contributed by atoms with Gasteiger partial charge >= 0.3 is 0 Å². The van der Waals surface area contributed by atoms with E-state index in [0.29, 0.717) is 30.7 Å². The molecule has 1 saturated heterocycles. The lowest BCUT2D eigenvalue weighted by atomic mass is 9.79. The topological polar surface area (TPSA) is 88.5 Å². The summed E-state index contributed by atoms with van der Waals surface area (Å²) in [4.78, 5) is 18.5. The van der Waals surface area contributed by atoms with Crippen LogP contribution < -0.4 is 4.72 Å². The average molecular weight is 508 g/mol. The van der Waals surface area contributed by atoms with Crippen LogP contribution in [0.3, 0.4) is 0 Å². The van der Waals surface area contributed by atoms with Crippen molar-refractivity contribution in [3.8, 4) is 11.3 Å². The zero-order valence-electron chi connectivity index (χ0n) is 19.3. The maximum atomic E-state index is 15.6. The van der Waals surface area contributed by atoms with Gasteiger partial charge in [0.2, 0.25) is 0 Å². The van der Waals surface area contributed by atoms with E-state index in [1.54, 1.807) is 37.3 Å². The molecule has 3 fully saturated rings. The second-order valence-electron chi connectivity index (χ2n) is 9.89. The number of carbonyl (C=O) groups is 1. The van der Waals surface area contributed by atoms with Gasteiger partial charge in [0.25, 0.3) is 11.8 Å². The van der Waals surface area contributed by atoms with Crippen molar-refractivity contribution in [1.29, 1.82) is 0 Å². The number of aryl methyl sites for hydroxylation is 1. The standard InChI is InChI=1S/C25H28F3N3O3S/c1-15-5-2-8-19(29-15)18-7-3-6-16(21(18)26)13-20-22(30-35(34)17-9-10-17)25(27,28)14-31(20)23(32)24(33)11-4-12-24/h2-3,5-8,17,20,22,30,33H,4,9-14H2,1H3/t20-,22+,35?/m0/s1. The molecule has 0 bridgehead atoms. The van der Waals surface area contributed by atoms with Crippen molar-refractivity contribution >= 4 is 17.3 Å². The molecule has 1 aromatic heterocycles. The van der Waals surface area contributed by atoms with Gasteiger partial charge < -0.3 is 14.6 Å². The highest BCUT2D eigenvalue weighted by Crippen LogP contribution is 2.41. The summed E-state index contributed by atoms with van der Waals surface area (Å²) in [7, 11) is 0. The molecule has 1 amide bonds. The molecule has 6 nitrogen and oxygen atoms in total. The normalized spacial score (nSPS) is 25.8. The molecular formula is C25H28F3N3O3S. The highest BCUT2D eigenvalue weighted by atomic mass is 32.2. The van der Waals surface area contributed by atoms with Crippen molar-refractivity contribution in [1.82, 2.24) is 14.6 Å². The van der Waals surface area contributed by atoms with Crippen LogP contribution in [0.4, 0.5) is 13.2 Å².